The maximum absolute atomic E-state index is 11.7. The Morgan fingerprint density at radius 2 is 1.95 bits per heavy atom. The van der Waals surface area contributed by atoms with Gasteiger partial charge in [-0.1, -0.05) is 36.4 Å². The average molecular weight is 285 g/mol. The predicted octanol–water partition coefficient (Wildman–Crippen LogP) is 1.48. The number of hydrazine groups is 1. The summed E-state index contributed by atoms with van der Waals surface area (Å²) in [6.45, 7) is -0.0895. The van der Waals surface area contributed by atoms with Gasteiger partial charge in [-0.15, -0.1) is 0 Å². The molecule has 0 bridgehead atoms. The molecule has 0 aliphatic carbocycles. The molecule has 0 aliphatic rings. The van der Waals surface area contributed by atoms with E-state index in [0.29, 0.717) is 17.7 Å². The number of ether oxygens (including phenoxy) is 1. The van der Waals surface area contributed by atoms with Crippen LogP contribution in [0.4, 0.5) is 5.82 Å². The smallest absolute Gasteiger partial charge is 0.322 e. The van der Waals surface area contributed by atoms with E-state index in [-0.39, 0.29) is 6.54 Å². The van der Waals surface area contributed by atoms with E-state index in [4.69, 9.17) is 4.74 Å². The Morgan fingerprint density at radius 1 is 1.19 bits per heavy atom. The summed E-state index contributed by atoms with van der Waals surface area (Å²) in [6.07, 6.45) is 1.33. The number of nitrogens with one attached hydrogen (secondary N) is 2. The topological polar surface area (TPSA) is 80.3 Å². The molecule has 1 unspecified atom stereocenters. The van der Waals surface area contributed by atoms with Crippen LogP contribution in [0, 0.1) is 0 Å². The summed E-state index contributed by atoms with van der Waals surface area (Å²) in [4.78, 5) is 26.7. The molecule has 6 nitrogen and oxygen atoms in total. The maximum Gasteiger partial charge on any atom is 0.322 e. The van der Waals surface area contributed by atoms with Crippen molar-refractivity contribution in [2.75, 3.05) is 12.0 Å². The van der Waals surface area contributed by atoms with Gasteiger partial charge >= 0.3 is 5.97 Å². The van der Waals surface area contributed by atoms with Crippen LogP contribution in [0.1, 0.15) is 11.7 Å². The molecule has 0 spiro atoms. The van der Waals surface area contributed by atoms with Crippen LogP contribution in [-0.2, 0) is 14.3 Å². The third-order valence-corrected chi connectivity index (χ3v) is 2.62. The Balaban J connectivity index is 1.79. The molecule has 108 valence electrons. The number of pyridine rings is 1. The fourth-order valence-corrected chi connectivity index (χ4v) is 1.64. The van der Waals surface area contributed by atoms with Crippen molar-refractivity contribution in [2.45, 2.75) is 6.10 Å². The second-order valence-electron chi connectivity index (χ2n) is 4.15. The highest BCUT2D eigenvalue weighted by atomic mass is 16.5. The fourth-order valence-electron chi connectivity index (χ4n) is 1.64. The van der Waals surface area contributed by atoms with E-state index in [0.717, 1.165) is 0 Å². The number of hydrogen-bond donors (Lipinski definition) is 2. The van der Waals surface area contributed by atoms with E-state index < -0.39 is 12.1 Å². The fraction of sp³-hybridized carbons (Fsp3) is 0.133. The molecule has 6 heteroatoms. The van der Waals surface area contributed by atoms with E-state index in [2.05, 4.69) is 15.8 Å². The summed E-state index contributed by atoms with van der Waals surface area (Å²) in [7, 11) is 0. The molecule has 0 fully saturated rings. The number of carbonyl (C=O) groups excluding carboxylic acids is 2. The summed E-state index contributed by atoms with van der Waals surface area (Å²) in [6, 6.07) is 14.2. The highest BCUT2D eigenvalue weighted by molar-refractivity contribution is 5.75. The van der Waals surface area contributed by atoms with Gasteiger partial charge in [-0.2, -0.15) is 0 Å². The van der Waals surface area contributed by atoms with Crippen molar-refractivity contribution in [2.24, 2.45) is 0 Å². The molecule has 1 aromatic carbocycles. The van der Waals surface area contributed by atoms with Gasteiger partial charge in [-0.25, -0.2) is 10.4 Å². The van der Waals surface area contributed by atoms with E-state index in [9.17, 15) is 9.59 Å². The summed E-state index contributed by atoms with van der Waals surface area (Å²) in [5, 5.41) is 0. The van der Waals surface area contributed by atoms with Crippen molar-refractivity contribution in [3.05, 3.63) is 60.3 Å². The summed E-state index contributed by atoms with van der Waals surface area (Å²) >= 11 is 0. The lowest BCUT2D eigenvalue weighted by molar-refractivity contribution is -0.151. The molecule has 1 atom stereocenters. The normalized spacial score (nSPS) is 11.4. The second-order valence-corrected chi connectivity index (χ2v) is 4.15. The minimum atomic E-state index is -0.893. The van der Waals surface area contributed by atoms with E-state index in [1.54, 1.807) is 42.6 Å². The molecule has 2 N–H and O–H groups in total. The second kappa shape index (κ2) is 7.76. The van der Waals surface area contributed by atoms with Gasteiger partial charge in [0.05, 0.1) is 0 Å². The van der Waals surface area contributed by atoms with Crippen molar-refractivity contribution in [1.29, 1.82) is 0 Å². The highest BCUT2D eigenvalue weighted by Crippen LogP contribution is 2.14. The Kier molecular flexibility index (Phi) is 5.42. The van der Waals surface area contributed by atoms with Gasteiger partial charge in [0.25, 0.3) is 0 Å². The molecular formula is C15H15N3O3. The van der Waals surface area contributed by atoms with Crippen molar-refractivity contribution < 1.29 is 14.3 Å². The summed E-state index contributed by atoms with van der Waals surface area (Å²) < 4.78 is 5.09. The largest absolute Gasteiger partial charge is 0.449 e. The maximum atomic E-state index is 11.7. The molecule has 0 amide bonds. The van der Waals surface area contributed by atoms with Gasteiger partial charge in [0.2, 0.25) is 0 Å². The van der Waals surface area contributed by atoms with E-state index in [1.165, 1.54) is 0 Å². The number of esters is 1. The van der Waals surface area contributed by atoms with Crippen molar-refractivity contribution in [3.8, 4) is 0 Å². The minimum Gasteiger partial charge on any atom is -0.449 e. The van der Waals surface area contributed by atoms with Crippen LogP contribution >= 0.6 is 0 Å². The van der Waals surface area contributed by atoms with Crippen LogP contribution in [0.25, 0.3) is 0 Å². The van der Waals surface area contributed by atoms with Crippen LogP contribution in [0.2, 0.25) is 0 Å². The number of aromatic nitrogens is 1. The number of carbonyl (C=O) groups is 2. The first-order valence-electron chi connectivity index (χ1n) is 6.39. The van der Waals surface area contributed by atoms with Crippen molar-refractivity contribution in [3.63, 3.8) is 0 Å². The Hall–Kier alpha value is -2.73. The number of rotatable bonds is 7. The average Bonchev–Trinajstić information content (AvgIpc) is 2.54. The SMILES string of the molecule is O=CC(OC(=O)CNNc1ccccn1)c1ccccc1. The first-order chi connectivity index (χ1) is 10.3. The van der Waals surface area contributed by atoms with Crippen LogP contribution in [0.5, 0.6) is 0 Å². The van der Waals surface area contributed by atoms with Crippen molar-refractivity contribution >= 4 is 18.1 Å². The minimum absolute atomic E-state index is 0.0895. The zero-order chi connectivity index (χ0) is 14.9. The Bertz CT molecular complexity index is 575. The van der Waals surface area contributed by atoms with E-state index >= 15 is 0 Å². The third kappa shape index (κ3) is 4.70. The number of anilines is 1. The summed E-state index contributed by atoms with van der Waals surface area (Å²) in [5.74, 6) is 0.0414. The number of benzene rings is 1. The van der Waals surface area contributed by atoms with Crippen LogP contribution in [-0.4, -0.2) is 23.8 Å². The molecule has 1 heterocycles. The number of nitrogens with zero attached hydrogens (tertiary/aromatic N) is 1. The molecule has 0 saturated heterocycles. The van der Waals surface area contributed by atoms with Gasteiger partial charge in [0, 0.05) is 6.20 Å². The van der Waals surface area contributed by atoms with Crippen molar-refractivity contribution in [1.82, 2.24) is 10.4 Å². The standard InChI is InChI=1S/C15H15N3O3/c19-11-13(12-6-2-1-3-7-12)21-15(20)10-17-18-14-8-4-5-9-16-14/h1-9,11,13,17H,10H2,(H,16,18). The first-order valence-corrected chi connectivity index (χ1v) is 6.39. The van der Waals surface area contributed by atoms with Gasteiger partial charge in [-0.05, 0) is 17.7 Å². The molecule has 21 heavy (non-hydrogen) atoms. The van der Waals surface area contributed by atoms with Crippen LogP contribution < -0.4 is 10.9 Å². The zero-order valence-corrected chi connectivity index (χ0v) is 11.2. The Labute approximate surface area is 122 Å². The van der Waals surface area contributed by atoms with Gasteiger partial charge in [0.15, 0.2) is 12.4 Å². The first kappa shape index (κ1) is 14.7. The molecular weight excluding hydrogens is 270 g/mol. The zero-order valence-electron chi connectivity index (χ0n) is 11.2. The van der Waals surface area contributed by atoms with E-state index in [1.807, 2.05) is 12.1 Å². The lowest BCUT2D eigenvalue weighted by Crippen LogP contribution is -2.31. The third-order valence-electron chi connectivity index (χ3n) is 2.62. The molecule has 1 aromatic heterocycles. The molecule has 2 aromatic rings. The van der Waals surface area contributed by atoms with Crippen LogP contribution in [0.3, 0.4) is 0 Å². The summed E-state index contributed by atoms with van der Waals surface area (Å²) in [5.41, 5.74) is 6.07. The number of hydrogen-bond acceptors (Lipinski definition) is 6. The lowest BCUT2D eigenvalue weighted by Gasteiger charge is -2.13. The van der Waals surface area contributed by atoms with Gasteiger partial charge < -0.3 is 10.2 Å². The highest BCUT2D eigenvalue weighted by Gasteiger charge is 2.15. The van der Waals surface area contributed by atoms with Crippen LogP contribution in [0.15, 0.2) is 54.7 Å². The van der Waals surface area contributed by atoms with Gasteiger partial charge in [-0.3, -0.25) is 9.59 Å². The molecule has 0 radical (unpaired) electrons. The predicted molar refractivity (Wildman–Crippen MR) is 77.2 cm³/mol. The van der Waals surface area contributed by atoms with Gasteiger partial charge in [0.1, 0.15) is 12.4 Å². The lowest BCUT2D eigenvalue weighted by atomic mass is 10.1. The number of aldehydes is 1. The molecule has 0 saturated carbocycles. The molecule has 0 aliphatic heterocycles. The quantitative estimate of drug-likeness (QED) is 0.456. The monoisotopic (exact) mass is 285 g/mol. The molecule has 2 rings (SSSR count). The Morgan fingerprint density at radius 3 is 2.62 bits per heavy atom.